The molecular weight excluding hydrogens is 306 g/mol. The van der Waals surface area contributed by atoms with Gasteiger partial charge in [0.15, 0.2) is 0 Å². The Hall–Kier alpha value is 1.71. The van der Waals surface area contributed by atoms with E-state index in [1.807, 2.05) is 13.8 Å². The summed E-state index contributed by atoms with van der Waals surface area (Å²) in [7, 11) is -4.23. The Morgan fingerprint density at radius 2 is 1.30 bits per heavy atom. The van der Waals surface area contributed by atoms with Crippen molar-refractivity contribution in [2.45, 2.75) is 65.7 Å². The first kappa shape index (κ1) is 26.6. The van der Waals surface area contributed by atoms with Crippen LogP contribution in [-0.2, 0) is 13.8 Å². The molecule has 0 aliphatic carbocycles. The van der Waals surface area contributed by atoms with Crippen LogP contribution in [-0.4, -0.2) is 81.0 Å². The average Bonchev–Trinajstić information content (AvgIpc) is 2.33. The van der Waals surface area contributed by atoms with Gasteiger partial charge >= 0.3 is 59.2 Å². The molecule has 0 aliphatic heterocycles. The summed E-state index contributed by atoms with van der Waals surface area (Å²) in [5.74, 6) is 0. The second kappa shape index (κ2) is 20.7. The average molecular weight is 338 g/mol. The molecule has 0 saturated carbocycles. The fourth-order valence-corrected chi connectivity index (χ4v) is 1.81. The molecule has 0 unspecified atom stereocenters. The number of ether oxygens (including phenoxy) is 1. The van der Waals surface area contributed by atoms with E-state index in [2.05, 4.69) is 11.4 Å². The predicted molar refractivity (Wildman–Crippen MR) is 85.3 cm³/mol. The molecule has 20 heavy (non-hydrogen) atoms. The van der Waals surface area contributed by atoms with Crippen molar-refractivity contribution in [3.05, 3.63) is 0 Å². The minimum atomic E-state index is -4.23. The molecule has 0 aromatic carbocycles. The molecule has 7 heteroatoms. The van der Waals surface area contributed by atoms with Gasteiger partial charge in [-0.2, -0.15) is 0 Å². The summed E-state index contributed by atoms with van der Waals surface area (Å²) >= 11 is 0. The summed E-state index contributed by atoms with van der Waals surface area (Å²) in [6.07, 6.45) is 7.84. The maximum absolute atomic E-state index is 10.3. The van der Waals surface area contributed by atoms with Crippen molar-refractivity contribution in [1.29, 1.82) is 0 Å². The zero-order valence-electron chi connectivity index (χ0n) is 12.6. The van der Waals surface area contributed by atoms with Crippen molar-refractivity contribution in [3.8, 4) is 0 Å². The van der Waals surface area contributed by atoms with Gasteiger partial charge < -0.3 is 14.5 Å². The van der Waals surface area contributed by atoms with Crippen LogP contribution in [0.4, 0.5) is 0 Å². The third kappa shape index (κ3) is 31.9. The summed E-state index contributed by atoms with van der Waals surface area (Å²) in [6, 6.07) is 0. The number of rotatable bonds is 11. The molecule has 0 fully saturated rings. The molecule has 120 valence electrons. The van der Waals surface area contributed by atoms with Gasteiger partial charge in [-0.05, 0) is 20.3 Å². The monoisotopic (exact) mass is 338 g/mol. The van der Waals surface area contributed by atoms with E-state index in [1.54, 1.807) is 0 Å². The molecule has 0 atom stereocenters. The third-order valence-electron chi connectivity index (χ3n) is 2.42. The number of phosphoric ester groups is 1. The SMILES string of the molecule is CCCCCCCCCOP(=O)(O)O.CCOCC.[KH]. The van der Waals surface area contributed by atoms with Gasteiger partial charge in [0.25, 0.3) is 0 Å². The van der Waals surface area contributed by atoms with E-state index >= 15 is 0 Å². The summed E-state index contributed by atoms with van der Waals surface area (Å²) < 4.78 is 19.4. The van der Waals surface area contributed by atoms with Gasteiger partial charge in [0, 0.05) is 13.2 Å². The van der Waals surface area contributed by atoms with Crippen LogP contribution in [0, 0.1) is 0 Å². The van der Waals surface area contributed by atoms with Gasteiger partial charge in [0.05, 0.1) is 6.61 Å². The molecule has 0 amide bonds. The van der Waals surface area contributed by atoms with E-state index in [0.717, 1.165) is 32.5 Å². The molecule has 0 rings (SSSR count). The second-order valence-corrected chi connectivity index (χ2v) is 5.47. The van der Waals surface area contributed by atoms with Crippen LogP contribution in [0.3, 0.4) is 0 Å². The zero-order chi connectivity index (χ0) is 15.0. The summed E-state index contributed by atoms with van der Waals surface area (Å²) in [4.78, 5) is 16.8. The van der Waals surface area contributed by atoms with Crippen molar-refractivity contribution < 1.29 is 23.6 Å². The maximum atomic E-state index is 10.3. The summed E-state index contributed by atoms with van der Waals surface area (Å²) in [5, 5.41) is 0. The number of phosphoric acid groups is 1. The summed E-state index contributed by atoms with van der Waals surface area (Å²) in [6.45, 7) is 8.01. The van der Waals surface area contributed by atoms with Gasteiger partial charge in [0.1, 0.15) is 0 Å². The summed E-state index contributed by atoms with van der Waals surface area (Å²) in [5.41, 5.74) is 0. The molecule has 5 nitrogen and oxygen atoms in total. The number of hydrogen-bond donors (Lipinski definition) is 2. The molecular formula is C13H32KO5P. The Morgan fingerprint density at radius 1 is 0.850 bits per heavy atom. The molecule has 0 aliphatic rings. The van der Waals surface area contributed by atoms with Crippen LogP contribution in [0.2, 0.25) is 0 Å². The van der Waals surface area contributed by atoms with Gasteiger partial charge in [-0.25, -0.2) is 4.57 Å². The van der Waals surface area contributed by atoms with E-state index in [0.29, 0.717) is 0 Å². The van der Waals surface area contributed by atoms with Crippen molar-refractivity contribution in [2.75, 3.05) is 19.8 Å². The number of unbranched alkanes of at least 4 members (excludes halogenated alkanes) is 6. The number of hydrogen-bond acceptors (Lipinski definition) is 3. The molecule has 2 N–H and O–H groups in total. The van der Waals surface area contributed by atoms with Crippen molar-refractivity contribution in [2.24, 2.45) is 0 Å². The van der Waals surface area contributed by atoms with E-state index in [-0.39, 0.29) is 58.0 Å². The van der Waals surface area contributed by atoms with Gasteiger partial charge in [0.2, 0.25) is 0 Å². The second-order valence-electron chi connectivity index (χ2n) is 4.23. The standard InChI is InChI=1S/C9H21O4P.C4H10O.K.H/c1-2-3-4-5-6-7-8-9-13-14(10,11)12;1-3-5-4-2;;/h2-9H2,1H3,(H2,10,11,12);3-4H2,1-2H3;;. The van der Waals surface area contributed by atoms with E-state index in [4.69, 9.17) is 14.5 Å². The fraction of sp³-hybridized carbons (Fsp3) is 1.00. The molecule has 0 spiro atoms. The fourth-order valence-electron chi connectivity index (χ4n) is 1.45. The third-order valence-corrected chi connectivity index (χ3v) is 2.93. The van der Waals surface area contributed by atoms with Crippen LogP contribution < -0.4 is 0 Å². The van der Waals surface area contributed by atoms with Crippen LogP contribution in [0.15, 0.2) is 0 Å². The quantitative estimate of drug-likeness (QED) is 0.344. The molecule has 0 bridgehead atoms. The van der Waals surface area contributed by atoms with Crippen molar-refractivity contribution >= 4 is 59.2 Å². The zero-order valence-corrected chi connectivity index (χ0v) is 13.5. The first-order valence-corrected chi connectivity index (χ1v) is 8.78. The van der Waals surface area contributed by atoms with Crippen LogP contribution in [0.5, 0.6) is 0 Å². The van der Waals surface area contributed by atoms with Crippen LogP contribution in [0.1, 0.15) is 65.7 Å². The van der Waals surface area contributed by atoms with Gasteiger partial charge in [-0.3, -0.25) is 4.52 Å². The van der Waals surface area contributed by atoms with E-state index < -0.39 is 7.82 Å². The minimum absolute atomic E-state index is 0. The van der Waals surface area contributed by atoms with E-state index in [9.17, 15) is 4.57 Å². The molecule has 0 saturated heterocycles. The topological polar surface area (TPSA) is 76.0 Å². The molecule has 0 aromatic heterocycles. The van der Waals surface area contributed by atoms with Gasteiger partial charge in [-0.15, -0.1) is 0 Å². The normalized spacial score (nSPS) is 10.4. The molecule has 0 radical (unpaired) electrons. The van der Waals surface area contributed by atoms with Crippen molar-refractivity contribution in [3.63, 3.8) is 0 Å². The van der Waals surface area contributed by atoms with Crippen LogP contribution in [0.25, 0.3) is 0 Å². The Labute approximate surface area is 166 Å². The first-order chi connectivity index (χ1) is 8.97. The Kier molecular flexibility index (Phi) is 27.5. The van der Waals surface area contributed by atoms with Gasteiger partial charge in [-0.1, -0.05) is 45.4 Å². The molecule has 0 aromatic rings. The van der Waals surface area contributed by atoms with Crippen LogP contribution >= 0.6 is 7.82 Å². The van der Waals surface area contributed by atoms with Crippen molar-refractivity contribution in [1.82, 2.24) is 0 Å². The van der Waals surface area contributed by atoms with E-state index in [1.165, 1.54) is 25.7 Å². The molecule has 0 heterocycles. The Balaban J connectivity index is -0.000000414. The predicted octanol–water partition coefficient (Wildman–Crippen LogP) is 3.24. The first-order valence-electron chi connectivity index (χ1n) is 7.25. The Morgan fingerprint density at radius 3 is 1.65 bits per heavy atom. The Bertz CT molecular complexity index is 209.